The maximum atomic E-state index is 6.20. The van der Waals surface area contributed by atoms with Crippen LogP contribution in [0.15, 0.2) is 46.3 Å². The zero-order chi connectivity index (χ0) is 17.6. The molecule has 2 aromatic carbocycles. The molecule has 25 heavy (non-hydrogen) atoms. The van der Waals surface area contributed by atoms with Gasteiger partial charge in [-0.1, -0.05) is 46.3 Å². The largest absolute Gasteiger partial charge is 0.335 e. The second kappa shape index (κ2) is 6.84. The van der Waals surface area contributed by atoms with E-state index in [0.29, 0.717) is 0 Å². The molecule has 4 rings (SSSR count). The molecule has 1 aliphatic heterocycles. The number of anilines is 1. The van der Waals surface area contributed by atoms with Crippen molar-refractivity contribution in [2.75, 3.05) is 11.4 Å². The monoisotopic (exact) mass is 407 g/mol. The lowest BCUT2D eigenvalue weighted by Crippen LogP contribution is -2.33. The van der Waals surface area contributed by atoms with E-state index in [1.54, 1.807) is 23.1 Å². The number of halogens is 2. The second-order valence-electron chi connectivity index (χ2n) is 5.74. The Bertz CT molecular complexity index is 994. The van der Waals surface area contributed by atoms with E-state index in [4.69, 9.17) is 23.2 Å². The van der Waals surface area contributed by atoms with E-state index in [1.807, 2.05) is 24.3 Å². The van der Waals surface area contributed by atoms with Gasteiger partial charge in [-0.25, -0.2) is 0 Å². The third-order valence-corrected chi connectivity index (χ3v) is 6.96. The standard InChI is InChI=1S/C19H17Cl2N2S2/c1-3-22-14-9-12(20)5-7-16(14)24-18(22)11-19-23(4-2)15-10-13(21)6-8-17(15)25-19/h5-11H,3-4H2,1-2H3/q+1. The summed E-state index contributed by atoms with van der Waals surface area (Å²) >= 11 is 16.0. The predicted molar refractivity (Wildman–Crippen MR) is 111 cm³/mol. The van der Waals surface area contributed by atoms with Crippen molar-refractivity contribution in [3.8, 4) is 0 Å². The molecule has 2 heterocycles. The van der Waals surface area contributed by atoms with Crippen molar-refractivity contribution >= 4 is 68.3 Å². The molecule has 0 fully saturated rings. The summed E-state index contributed by atoms with van der Waals surface area (Å²) in [6, 6.07) is 12.2. The topological polar surface area (TPSA) is 7.12 Å². The molecule has 0 bridgehead atoms. The highest BCUT2D eigenvalue weighted by Crippen LogP contribution is 2.47. The molecule has 0 radical (unpaired) electrons. The molecule has 0 N–H and O–H groups in total. The molecular weight excluding hydrogens is 391 g/mol. The van der Waals surface area contributed by atoms with Gasteiger partial charge in [-0.2, -0.15) is 4.57 Å². The van der Waals surface area contributed by atoms with Crippen LogP contribution in [0.1, 0.15) is 18.9 Å². The van der Waals surface area contributed by atoms with Crippen LogP contribution in [0.25, 0.3) is 16.3 Å². The van der Waals surface area contributed by atoms with Crippen molar-refractivity contribution in [2.45, 2.75) is 25.3 Å². The van der Waals surface area contributed by atoms with Crippen LogP contribution in [0.4, 0.5) is 5.69 Å². The summed E-state index contributed by atoms with van der Waals surface area (Å²) in [5, 5.41) is 4.03. The second-order valence-corrected chi connectivity index (χ2v) is 8.73. The lowest BCUT2D eigenvalue weighted by Gasteiger charge is -2.17. The number of aromatic nitrogens is 1. The molecule has 6 heteroatoms. The predicted octanol–water partition coefficient (Wildman–Crippen LogP) is 6.45. The van der Waals surface area contributed by atoms with Crippen LogP contribution >= 0.6 is 46.3 Å². The summed E-state index contributed by atoms with van der Waals surface area (Å²) < 4.78 is 3.58. The Kier molecular flexibility index (Phi) is 4.71. The minimum atomic E-state index is 0.777. The molecule has 1 aromatic heterocycles. The summed E-state index contributed by atoms with van der Waals surface area (Å²) in [5.74, 6) is 0. The van der Waals surface area contributed by atoms with Gasteiger partial charge in [-0.05, 0) is 44.2 Å². The van der Waals surface area contributed by atoms with Gasteiger partial charge in [0.15, 0.2) is 0 Å². The average Bonchev–Trinajstić information content (AvgIpc) is 3.11. The van der Waals surface area contributed by atoms with Crippen molar-refractivity contribution in [3.63, 3.8) is 0 Å². The highest BCUT2D eigenvalue weighted by molar-refractivity contribution is 8.03. The quantitative estimate of drug-likeness (QED) is 0.460. The molecule has 0 amide bonds. The van der Waals surface area contributed by atoms with Crippen molar-refractivity contribution in [3.05, 3.63) is 56.5 Å². The van der Waals surface area contributed by atoms with E-state index in [-0.39, 0.29) is 0 Å². The molecule has 3 aromatic rings. The molecule has 128 valence electrons. The molecule has 0 saturated carbocycles. The van der Waals surface area contributed by atoms with Gasteiger partial charge in [0.05, 0.1) is 16.8 Å². The minimum absolute atomic E-state index is 0.777. The molecule has 1 aliphatic rings. The SMILES string of the molecule is CCN1/C(=C\c2sc3ccc(Cl)cc3[n+]2CC)Sc2ccc(Cl)cc21. The molecule has 0 atom stereocenters. The third kappa shape index (κ3) is 3.06. The summed E-state index contributed by atoms with van der Waals surface area (Å²) in [4.78, 5) is 3.58. The zero-order valence-electron chi connectivity index (χ0n) is 13.9. The van der Waals surface area contributed by atoms with Crippen molar-refractivity contribution in [2.24, 2.45) is 0 Å². The first-order valence-corrected chi connectivity index (χ1v) is 10.6. The Balaban J connectivity index is 1.82. The van der Waals surface area contributed by atoms with Crippen molar-refractivity contribution in [1.82, 2.24) is 0 Å². The van der Waals surface area contributed by atoms with Gasteiger partial charge >= 0.3 is 0 Å². The Morgan fingerprint density at radius 2 is 1.84 bits per heavy atom. The fraction of sp³-hybridized carbons (Fsp3) is 0.211. The Hall–Kier alpha value is -1.20. The van der Waals surface area contributed by atoms with Crippen LogP contribution in [0.5, 0.6) is 0 Å². The molecule has 0 saturated heterocycles. The van der Waals surface area contributed by atoms with Crippen LogP contribution in [-0.2, 0) is 6.54 Å². The first-order valence-electron chi connectivity index (χ1n) is 8.19. The lowest BCUT2D eigenvalue weighted by molar-refractivity contribution is -0.665. The first-order chi connectivity index (χ1) is 12.1. The van der Waals surface area contributed by atoms with E-state index in [9.17, 15) is 0 Å². The first kappa shape index (κ1) is 17.2. The van der Waals surface area contributed by atoms with Crippen LogP contribution in [0.3, 0.4) is 0 Å². The normalized spacial score (nSPS) is 15.4. The maximum Gasteiger partial charge on any atom is 0.265 e. The average molecular weight is 408 g/mol. The molecule has 2 nitrogen and oxygen atoms in total. The summed E-state index contributed by atoms with van der Waals surface area (Å²) in [7, 11) is 0. The van der Waals surface area contributed by atoms with Gasteiger partial charge < -0.3 is 4.90 Å². The number of rotatable bonds is 3. The van der Waals surface area contributed by atoms with E-state index < -0.39 is 0 Å². The number of thioether (sulfide) groups is 1. The fourth-order valence-corrected chi connectivity index (χ4v) is 5.82. The number of fused-ring (bicyclic) bond motifs is 2. The fourth-order valence-electron chi connectivity index (χ4n) is 3.12. The maximum absolute atomic E-state index is 6.20. The number of hydrogen-bond acceptors (Lipinski definition) is 3. The molecule has 0 unspecified atom stereocenters. The zero-order valence-corrected chi connectivity index (χ0v) is 17.1. The van der Waals surface area contributed by atoms with Gasteiger partial charge in [-0.15, -0.1) is 0 Å². The van der Waals surface area contributed by atoms with E-state index in [0.717, 1.165) is 23.1 Å². The van der Waals surface area contributed by atoms with Gasteiger partial charge in [0.25, 0.3) is 5.01 Å². The number of aryl methyl sites for hydroxylation is 1. The van der Waals surface area contributed by atoms with Crippen LogP contribution in [0.2, 0.25) is 10.0 Å². The van der Waals surface area contributed by atoms with E-state index >= 15 is 0 Å². The summed E-state index contributed by atoms with van der Waals surface area (Å²) in [5.41, 5.74) is 2.39. The van der Waals surface area contributed by atoms with E-state index in [1.165, 1.54) is 30.8 Å². The van der Waals surface area contributed by atoms with Gasteiger partial charge in [0.1, 0.15) is 11.2 Å². The number of nitrogens with zero attached hydrogens (tertiary/aromatic N) is 2. The summed E-state index contributed by atoms with van der Waals surface area (Å²) in [6.45, 7) is 6.16. The van der Waals surface area contributed by atoms with Gasteiger partial charge in [-0.3, -0.25) is 0 Å². The van der Waals surface area contributed by atoms with Gasteiger partial charge in [0, 0.05) is 27.6 Å². The highest BCUT2D eigenvalue weighted by atomic mass is 35.5. The van der Waals surface area contributed by atoms with E-state index in [2.05, 4.69) is 41.5 Å². The van der Waals surface area contributed by atoms with Crippen LogP contribution < -0.4 is 9.47 Å². The molecule has 0 spiro atoms. The molecular formula is C19H17Cl2N2S2+. The van der Waals surface area contributed by atoms with Crippen molar-refractivity contribution < 1.29 is 4.57 Å². The lowest BCUT2D eigenvalue weighted by atomic mass is 10.3. The Morgan fingerprint density at radius 1 is 1.08 bits per heavy atom. The number of benzene rings is 2. The highest BCUT2D eigenvalue weighted by Gasteiger charge is 2.27. The summed E-state index contributed by atoms with van der Waals surface area (Å²) in [6.07, 6.45) is 2.28. The third-order valence-electron chi connectivity index (χ3n) is 4.26. The minimum Gasteiger partial charge on any atom is -0.335 e. The van der Waals surface area contributed by atoms with Crippen molar-refractivity contribution in [1.29, 1.82) is 0 Å². The van der Waals surface area contributed by atoms with Crippen LogP contribution in [0, 0.1) is 0 Å². The number of hydrogen-bond donors (Lipinski definition) is 0. The van der Waals surface area contributed by atoms with Gasteiger partial charge in [0.2, 0.25) is 5.52 Å². The van der Waals surface area contributed by atoms with Crippen LogP contribution in [-0.4, -0.2) is 6.54 Å². The molecule has 0 aliphatic carbocycles. The Labute approximate surface area is 165 Å². The Morgan fingerprint density at radius 3 is 2.60 bits per heavy atom. The number of thiazole rings is 1. The smallest absolute Gasteiger partial charge is 0.265 e.